The van der Waals surface area contributed by atoms with Gasteiger partial charge in [-0.15, -0.1) is 24.0 Å². The molecule has 0 bridgehead atoms. The van der Waals surface area contributed by atoms with Gasteiger partial charge in [-0.2, -0.15) is 0 Å². The molecule has 0 unspecified atom stereocenters. The number of nitrogens with one attached hydrogen (secondary N) is 1. The Kier molecular flexibility index (Phi) is 6.19. The number of aromatic nitrogens is 1. The number of para-hydroxylation sites is 1. The van der Waals surface area contributed by atoms with Gasteiger partial charge < -0.3 is 9.88 Å². The third kappa shape index (κ3) is 4.40. The quantitative estimate of drug-likeness (QED) is 0.185. The summed E-state index contributed by atoms with van der Waals surface area (Å²) in [7, 11) is 0. The van der Waals surface area contributed by atoms with Crippen LogP contribution in [0.5, 0.6) is 0 Å². The van der Waals surface area contributed by atoms with Crippen LogP contribution in [0.15, 0.2) is 150 Å². The lowest BCUT2D eigenvalue weighted by Gasteiger charge is -2.12. The molecule has 0 saturated carbocycles. The van der Waals surface area contributed by atoms with Crippen LogP contribution in [0.4, 0.5) is 5.69 Å². The van der Waals surface area contributed by atoms with Gasteiger partial charge in [0.1, 0.15) is 0 Å². The van der Waals surface area contributed by atoms with E-state index >= 15 is 0 Å². The fourth-order valence-electron chi connectivity index (χ4n) is 6.73. The lowest BCUT2D eigenvalue weighted by Crippen LogP contribution is -2.00. The van der Waals surface area contributed by atoms with Gasteiger partial charge in [0.05, 0.1) is 16.7 Å². The Labute approximate surface area is 270 Å². The molecule has 0 amide bonds. The van der Waals surface area contributed by atoms with E-state index in [4.69, 9.17) is 12.6 Å². The normalized spacial score (nSPS) is 11.8. The molecule has 214 valence electrons. The zero-order chi connectivity index (χ0) is 29.9. The molecule has 4 heteroatoms. The van der Waals surface area contributed by atoms with Crippen molar-refractivity contribution >= 4 is 82.4 Å². The van der Waals surface area contributed by atoms with E-state index in [-0.39, 0.29) is 0 Å². The molecule has 1 N–H and O–H groups in total. The number of thiol groups is 1. The van der Waals surface area contributed by atoms with Crippen molar-refractivity contribution in [1.82, 2.24) is 4.57 Å². The van der Waals surface area contributed by atoms with Crippen molar-refractivity contribution < 1.29 is 0 Å². The number of fused-ring (bicyclic) bond motifs is 7. The van der Waals surface area contributed by atoms with Gasteiger partial charge in [-0.1, -0.05) is 97.1 Å². The molecular weight excluding hydrogens is 585 g/mol. The van der Waals surface area contributed by atoms with Gasteiger partial charge in [-0.05, 0) is 76.0 Å². The SMILES string of the molecule is Sc1ccc2sc3ccccc3c2c1NCc1ccc(-c2ccc(-n3c4ccccc4c4cc5ccccc5cc43)cc2)cc1. The van der Waals surface area contributed by atoms with Gasteiger partial charge in [0.25, 0.3) is 0 Å². The van der Waals surface area contributed by atoms with E-state index in [0.717, 1.165) is 17.1 Å². The highest BCUT2D eigenvalue weighted by Gasteiger charge is 2.14. The molecule has 7 aromatic carbocycles. The number of nitrogens with zero attached hydrogens (tertiary/aromatic N) is 1. The molecule has 0 saturated heterocycles. The molecule has 2 heterocycles. The van der Waals surface area contributed by atoms with Crippen molar-refractivity contribution in [2.24, 2.45) is 0 Å². The van der Waals surface area contributed by atoms with E-state index in [1.54, 1.807) is 0 Å². The summed E-state index contributed by atoms with van der Waals surface area (Å²) in [4.78, 5) is 0.971. The summed E-state index contributed by atoms with van der Waals surface area (Å²) in [5.74, 6) is 0. The largest absolute Gasteiger partial charge is 0.380 e. The molecule has 9 aromatic rings. The summed E-state index contributed by atoms with van der Waals surface area (Å²) in [6.07, 6.45) is 0. The fraction of sp³-hybridized carbons (Fsp3) is 0.0244. The van der Waals surface area contributed by atoms with Crippen LogP contribution >= 0.6 is 24.0 Å². The Morgan fingerprint density at radius 1 is 0.556 bits per heavy atom. The van der Waals surface area contributed by atoms with Crippen molar-refractivity contribution in [2.45, 2.75) is 11.4 Å². The first-order valence-corrected chi connectivity index (χ1v) is 16.5. The van der Waals surface area contributed by atoms with Crippen LogP contribution in [-0.2, 0) is 6.54 Å². The highest BCUT2D eigenvalue weighted by Crippen LogP contribution is 2.41. The van der Waals surface area contributed by atoms with Gasteiger partial charge in [0, 0.05) is 48.1 Å². The van der Waals surface area contributed by atoms with E-state index in [9.17, 15) is 0 Å². The average molecular weight is 613 g/mol. The smallest absolute Gasteiger partial charge is 0.0572 e. The van der Waals surface area contributed by atoms with Crippen LogP contribution in [0.25, 0.3) is 69.6 Å². The molecular formula is C41H28N2S2. The van der Waals surface area contributed by atoms with Crippen LogP contribution < -0.4 is 5.32 Å². The van der Waals surface area contributed by atoms with Gasteiger partial charge in [0.15, 0.2) is 0 Å². The first-order chi connectivity index (χ1) is 22.2. The highest BCUT2D eigenvalue weighted by atomic mass is 32.1. The zero-order valence-corrected chi connectivity index (χ0v) is 26.1. The number of benzene rings is 7. The molecule has 0 radical (unpaired) electrons. The van der Waals surface area contributed by atoms with Crippen molar-refractivity contribution in [3.63, 3.8) is 0 Å². The summed E-state index contributed by atoms with van der Waals surface area (Å²) in [6, 6.07) is 52.7. The standard InChI is InChI=1S/C41H28N2S2/c44-37-21-22-39-40(33-10-4-6-12-38(33)45-39)41(37)42-25-26-13-15-27(16-14-26)28-17-19-31(20-18-28)43-35-11-5-3-9-32(35)34-23-29-7-1-2-8-30(29)24-36(34)43/h1-24,42,44H,25H2. The van der Waals surface area contributed by atoms with E-state index in [1.807, 2.05) is 11.3 Å². The summed E-state index contributed by atoms with van der Waals surface area (Å²) in [5, 5.41) is 11.3. The maximum absolute atomic E-state index is 4.81. The predicted molar refractivity (Wildman–Crippen MR) is 198 cm³/mol. The zero-order valence-electron chi connectivity index (χ0n) is 24.4. The molecule has 2 aromatic heterocycles. The van der Waals surface area contributed by atoms with Crippen molar-refractivity contribution in [3.8, 4) is 16.8 Å². The van der Waals surface area contributed by atoms with Crippen molar-refractivity contribution in [3.05, 3.63) is 151 Å². The average Bonchev–Trinajstić information content (AvgIpc) is 3.63. The molecule has 0 aliphatic heterocycles. The Bertz CT molecular complexity index is 2540. The number of hydrogen-bond donors (Lipinski definition) is 2. The van der Waals surface area contributed by atoms with E-state index in [0.29, 0.717) is 0 Å². The van der Waals surface area contributed by atoms with Crippen LogP contribution in [0.2, 0.25) is 0 Å². The molecule has 0 fully saturated rings. The minimum absolute atomic E-state index is 0.735. The molecule has 9 rings (SSSR count). The minimum Gasteiger partial charge on any atom is -0.380 e. The first kappa shape index (κ1) is 26.4. The predicted octanol–water partition coefficient (Wildman–Crippen LogP) is 11.9. The lowest BCUT2D eigenvalue weighted by atomic mass is 10.0. The number of hydrogen-bond acceptors (Lipinski definition) is 3. The monoisotopic (exact) mass is 612 g/mol. The summed E-state index contributed by atoms with van der Waals surface area (Å²) in [6.45, 7) is 0.735. The van der Waals surface area contributed by atoms with E-state index < -0.39 is 0 Å². The highest BCUT2D eigenvalue weighted by molar-refractivity contribution is 7.80. The summed E-state index contributed by atoms with van der Waals surface area (Å²) < 4.78 is 4.98. The van der Waals surface area contributed by atoms with Gasteiger partial charge in [0.2, 0.25) is 0 Å². The molecule has 0 aliphatic carbocycles. The Hall–Kier alpha value is -5.03. The number of rotatable bonds is 5. The third-order valence-electron chi connectivity index (χ3n) is 8.94. The topological polar surface area (TPSA) is 17.0 Å². The van der Waals surface area contributed by atoms with Gasteiger partial charge >= 0.3 is 0 Å². The number of anilines is 1. The van der Waals surface area contributed by atoms with Gasteiger partial charge in [-0.25, -0.2) is 0 Å². The molecule has 45 heavy (non-hydrogen) atoms. The molecule has 0 spiro atoms. The fourth-order valence-corrected chi connectivity index (χ4v) is 8.11. The Morgan fingerprint density at radius 2 is 1.22 bits per heavy atom. The minimum atomic E-state index is 0.735. The van der Waals surface area contributed by atoms with Crippen LogP contribution in [-0.4, -0.2) is 4.57 Å². The van der Waals surface area contributed by atoms with Crippen molar-refractivity contribution in [2.75, 3.05) is 5.32 Å². The van der Waals surface area contributed by atoms with Crippen molar-refractivity contribution in [1.29, 1.82) is 0 Å². The van der Waals surface area contributed by atoms with Gasteiger partial charge in [-0.3, -0.25) is 0 Å². The number of thiophene rings is 1. The van der Waals surface area contributed by atoms with Crippen LogP contribution in [0, 0.1) is 0 Å². The lowest BCUT2D eigenvalue weighted by molar-refractivity contribution is 1.14. The first-order valence-electron chi connectivity index (χ1n) is 15.2. The molecule has 0 atom stereocenters. The summed E-state index contributed by atoms with van der Waals surface area (Å²) in [5.41, 5.74) is 8.37. The molecule has 2 nitrogen and oxygen atoms in total. The third-order valence-corrected chi connectivity index (χ3v) is 10.5. The second-order valence-electron chi connectivity index (χ2n) is 11.6. The second-order valence-corrected chi connectivity index (χ2v) is 13.2. The second kappa shape index (κ2) is 10.6. The Balaban J connectivity index is 1.01. The molecule has 0 aliphatic rings. The Morgan fingerprint density at radius 3 is 2.02 bits per heavy atom. The maximum atomic E-state index is 4.81. The maximum Gasteiger partial charge on any atom is 0.0572 e. The van der Waals surface area contributed by atoms with Crippen LogP contribution in [0.1, 0.15) is 5.56 Å². The van der Waals surface area contributed by atoms with E-state index in [2.05, 4.69) is 155 Å². The van der Waals surface area contributed by atoms with E-state index in [1.165, 1.54) is 75.1 Å². The summed E-state index contributed by atoms with van der Waals surface area (Å²) >= 11 is 6.64. The van der Waals surface area contributed by atoms with Crippen LogP contribution in [0.3, 0.4) is 0 Å².